The van der Waals surface area contributed by atoms with E-state index in [0.717, 1.165) is 5.56 Å². The largest absolute Gasteiger partial charge is 0.376 e. The van der Waals surface area contributed by atoms with Gasteiger partial charge in [0.2, 0.25) is 5.91 Å². The lowest BCUT2D eigenvalue weighted by Crippen LogP contribution is -2.51. The molecule has 1 aliphatic rings. The van der Waals surface area contributed by atoms with E-state index in [1.54, 1.807) is 0 Å². The highest BCUT2D eigenvalue weighted by Gasteiger charge is 2.40. The van der Waals surface area contributed by atoms with E-state index in [2.05, 4.69) is 16.2 Å². The highest BCUT2D eigenvalue weighted by molar-refractivity contribution is 7.80. The van der Waals surface area contributed by atoms with Gasteiger partial charge in [-0.05, 0) is 17.8 Å². The van der Waals surface area contributed by atoms with Crippen molar-refractivity contribution in [1.82, 2.24) is 16.2 Å². The topological polar surface area (TPSA) is 105 Å². The lowest BCUT2D eigenvalue weighted by molar-refractivity contribution is -0.122. The van der Waals surface area contributed by atoms with Crippen LogP contribution in [-0.4, -0.2) is 17.2 Å². The van der Waals surface area contributed by atoms with Crippen LogP contribution in [0.2, 0.25) is 0 Å². The molecule has 0 spiro atoms. The number of nitrogens with one attached hydrogen (secondary N) is 3. The quantitative estimate of drug-likeness (QED) is 0.453. The molecule has 0 bridgehead atoms. The summed E-state index contributed by atoms with van der Waals surface area (Å²) in [5, 5.41) is 2.93. The first-order chi connectivity index (χ1) is 8.59. The molecule has 0 saturated carbocycles. The van der Waals surface area contributed by atoms with Crippen LogP contribution in [-0.2, 0) is 4.79 Å². The van der Waals surface area contributed by atoms with Crippen LogP contribution in [0, 0.1) is 5.92 Å². The Labute approximate surface area is 110 Å². The summed E-state index contributed by atoms with van der Waals surface area (Å²) >= 11 is 4.77. The zero-order valence-electron chi connectivity index (χ0n) is 9.59. The molecule has 1 aromatic carbocycles. The Bertz CT molecular complexity index is 452. The number of hydrogen-bond donors (Lipinski definition) is 5. The second-order valence-corrected chi connectivity index (χ2v) is 4.53. The number of primary amides is 1. The SMILES string of the molecule is NC(=O)C1C(NC(N)=S)NNC1c1ccccc1. The number of benzene rings is 1. The number of carbonyl (C=O) groups is 1. The maximum absolute atomic E-state index is 11.6. The minimum Gasteiger partial charge on any atom is -0.376 e. The molecule has 96 valence electrons. The minimum absolute atomic E-state index is 0.120. The summed E-state index contributed by atoms with van der Waals surface area (Å²) in [5.41, 5.74) is 17.8. The molecule has 7 N–H and O–H groups in total. The molecule has 7 heteroatoms. The second kappa shape index (κ2) is 5.30. The number of amides is 1. The molecule has 1 aliphatic heterocycles. The molecule has 18 heavy (non-hydrogen) atoms. The van der Waals surface area contributed by atoms with E-state index in [4.69, 9.17) is 23.7 Å². The van der Waals surface area contributed by atoms with E-state index < -0.39 is 18.0 Å². The molecule has 1 aromatic rings. The maximum atomic E-state index is 11.6. The smallest absolute Gasteiger partial charge is 0.226 e. The molecule has 0 aliphatic carbocycles. The zero-order chi connectivity index (χ0) is 13.1. The summed E-state index contributed by atoms with van der Waals surface area (Å²) in [4.78, 5) is 11.6. The van der Waals surface area contributed by atoms with Crippen molar-refractivity contribution in [3.8, 4) is 0 Å². The molecule has 0 aromatic heterocycles. The van der Waals surface area contributed by atoms with Crippen molar-refractivity contribution in [3.05, 3.63) is 35.9 Å². The molecule has 0 radical (unpaired) electrons. The predicted molar refractivity (Wildman–Crippen MR) is 71.8 cm³/mol. The van der Waals surface area contributed by atoms with Crippen molar-refractivity contribution >= 4 is 23.2 Å². The fourth-order valence-electron chi connectivity index (χ4n) is 2.11. The van der Waals surface area contributed by atoms with Crippen molar-refractivity contribution in [2.75, 3.05) is 0 Å². The van der Waals surface area contributed by atoms with Crippen LogP contribution >= 0.6 is 12.2 Å². The van der Waals surface area contributed by atoms with Crippen LogP contribution in [0.25, 0.3) is 0 Å². The van der Waals surface area contributed by atoms with Crippen LogP contribution in [0.1, 0.15) is 11.6 Å². The molecule has 6 nitrogen and oxygen atoms in total. The maximum Gasteiger partial charge on any atom is 0.226 e. The summed E-state index contributed by atoms with van der Waals surface area (Å²) in [7, 11) is 0. The Morgan fingerprint density at radius 1 is 1.22 bits per heavy atom. The molecule has 1 saturated heterocycles. The number of rotatable bonds is 3. The van der Waals surface area contributed by atoms with Gasteiger partial charge in [-0.15, -0.1) is 0 Å². The van der Waals surface area contributed by atoms with E-state index in [0.29, 0.717) is 0 Å². The lowest BCUT2D eigenvalue weighted by Gasteiger charge is -2.20. The van der Waals surface area contributed by atoms with Gasteiger partial charge < -0.3 is 16.8 Å². The highest BCUT2D eigenvalue weighted by atomic mass is 32.1. The van der Waals surface area contributed by atoms with Gasteiger partial charge in [-0.3, -0.25) is 4.79 Å². The number of hydrazine groups is 1. The minimum atomic E-state index is -0.478. The Kier molecular flexibility index (Phi) is 3.75. The Balaban J connectivity index is 2.22. The van der Waals surface area contributed by atoms with E-state index in [-0.39, 0.29) is 11.2 Å². The Hall–Kier alpha value is -1.70. The lowest BCUT2D eigenvalue weighted by atomic mass is 9.92. The number of thiocarbonyl (C=S) groups is 1. The van der Waals surface area contributed by atoms with Crippen molar-refractivity contribution in [3.63, 3.8) is 0 Å². The zero-order valence-corrected chi connectivity index (χ0v) is 10.4. The highest BCUT2D eigenvalue weighted by Crippen LogP contribution is 2.27. The molecule has 3 atom stereocenters. The van der Waals surface area contributed by atoms with Gasteiger partial charge in [0.25, 0.3) is 0 Å². The van der Waals surface area contributed by atoms with Crippen LogP contribution in [0.3, 0.4) is 0 Å². The van der Waals surface area contributed by atoms with Gasteiger partial charge in [-0.25, -0.2) is 10.9 Å². The average molecular weight is 265 g/mol. The fourth-order valence-corrected chi connectivity index (χ4v) is 2.24. The van der Waals surface area contributed by atoms with Crippen molar-refractivity contribution in [1.29, 1.82) is 0 Å². The predicted octanol–water partition coefficient (Wildman–Crippen LogP) is -0.904. The third-order valence-corrected chi connectivity index (χ3v) is 3.02. The van der Waals surface area contributed by atoms with Gasteiger partial charge in [-0.1, -0.05) is 30.3 Å². The first-order valence-electron chi connectivity index (χ1n) is 5.51. The summed E-state index contributed by atoms with van der Waals surface area (Å²) in [6.07, 6.45) is -0.412. The van der Waals surface area contributed by atoms with Crippen molar-refractivity contribution < 1.29 is 4.79 Å². The number of nitrogens with two attached hydrogens (primary N) is 2. The number of hydrogen-bond acceptors (Lipinski definition) is 4. The summed E-state index contributed by atoms with van der Waals surface area (Å²) < 4.78 is 0. The molecule has 1 fully saturated rings. The van der Waals surface area contributed by atoms with E-state index >= 15 is 0 Å². The van der Waals surface area contributed by atoms with Crippen LogP contribution in [0.5, 0.6) is 0 Å². The van der Waals surface area contributed by atoms with Gasteiger partial charge in [0.05, 0.1) is 12.0 Å². The van der Waals surface area contributed by atoms with Gasteiger partial charge >= 0.3 is 0 Å². The fraction of sp³-hybridized carbons (Fsp3) is 0.273. The Morgan fingerprint density at radius 2 is 1.89 bits per heavy atom. The van der Waals surface area contributed by atoms with Crippen LogP contribution < -0.4 is 27.6 Å². The van der Waals surface area contributed by atoms with Crippen molar-refractivity contribution in [2.45, 2.75) is 12.2 Å². The summed E-state index contributed by atoms with van der Waals surface area (Å²) in [6.45, 7) is 0. The molecular weight excluding hydrogens is 250 g/mol. The van der Waals surface area contributed by atoms with Gasteiger partial charge in [0, 0.05) is 0 Å². The average Bonchev–Trinajstić information content (AvgIpc) is 2.73. The van der Waals surface area contributed by atoms with E-state index in [9.17, 15) is 4.79 Å². The molecule has 1 amide bonds. The summed E-state index contributed by atoms with van der Waals surface area (Å²) in [6, 6.07) is 9.37. The standard InChI is InChI=1S/C11H15N5OS/c12-9(17)7-8(6-4-2-1-3-5-6)15-16-10(7)14-11(13)18/h1-5,7-8,10,15-16H,(H2,12,17)(H3,13,14,18). The second-order valence-electron chi connectivity index (χ2n) is 4.09. The third-order valence-electron chi connectivity index (χ3n) is 2.90. The monoisotopic (exact) mass is 265 g/mol. The first kappa shape index (κ1) is 12.7. The Morgan fingerprint density at radius 3 is 2.44 bits per heavy atom. The van der Waals surface area contributed by atoms with Crippen molar-refractivity contribution in [2.24, 2.45) is 17.4 Å². The van der Waals surface area contributed by atoms with E-state index in [1.165, 1.54) is 0 Å². The summed E-state index contributed by atoms with van der Waals surface area (Å²) in [5.74, 6) is -0.899. The van der Waals surface area contributed by atoms with Crippen LogP contribution in [0.4, 0.5) is 0 Å². The third kappa shape index (κ3) is 2.58. The molecule has 3 unspecified atom stereocenters. The van der Waals surface area contributed by atoms with Gasteiger partial charge in [0.1, 0.15) is 6.17 Å². The molecular formula is C11H15N5OS. The molecule has 2 rings (SSSR count). The normalized spacial score (nSPS) is 26.8. The van der Waals surface area contributed by atoms with Gasteiger partial charge in [-0.2, -0.15) is 0 Å². The number of carbonyl (C=O) groups excluding carboxylic acids is 1. The van der Waals surface area contributed by atoms with E-state index in [1.807, 2.05) is 30.3 Å². The molecule has 1 heterocycles. The van der Waals surface area contributed by atoms with Crippen LogP contribution in [0.15, 0.2) is 30.3 Å². The first-order valence-corrected chi connectivity index (χ1v) is 5.91. The van der Waals surface area contributed by atoms with Gasteiger partial charge in [0.15, 0.2) is 5.11 Å².